The lowest BCUT2D eigenvalue weighted by Crippen LogP contribution is -1.75. The number of imidazole rings is 1. The van der Waals surface area contributed by atoms with Crippen molar-refractivity contribution in [3.8, 4) is 11.6 Å². The summed E-state index contributed by atoms with van der Waals surface area (Å²) in [5.41, 5.74) is 3.63. The van der Waals surface area contributed by atoms with Gasteiger partial charge in [-0.05, 0) is 47.1 Å². The van der Waals surface area contributed by atoms with Crippen LogP contribution in [0.1, 0.15) is 5.56 Å². The van der Waals surface area contributed by atoms with Crippen molar-refractivity contribution < 1.29 is 4.42 Å². The number of nitrogens with zero attached hydrogens (tertiary/aromatic N) is 2. The second kappa shape index (κ2) is 4.18. The molecule has 0 aliphatic rings. The Balaban J connectivity index is 1.91. The summed E-state index contributed by atoms with van der Waals surface area (Å²) in [6, 6.07) is 10.1. The number of nitrogens with one attached hydrogen (secondary N) is 1. The molecule has 0 radical (unpaired) electrons. The van der Waals surface area contributed by atoms with Crippen LogP contribution >= 0.6 is 15.9 Å². The third kappa shape index (κ3) is 1.82. The molecular weight excluding hydrogens is 318 g/mol. The molecule has 4 aromatic rings. The maximum Gasteiger partial charge on any atom is 0.178 e. The molecule has 1 aromatic carbocycles. The lowest BCUT2D eigenvalue weighted by Gasteiger charge is -1.89. The van der Waals surface area contributed by atoms with Gasteiger partial charge in [0, 0.05) is 16.1 Å². The van der Waals surface area contributed by atoms with Gasteiger partial charge in [-0.15, -0.1) is 0 Å². The second-order valence-electron chi connectivity index (χ2n) is 4.76. The standard InChI is InChI=1S/C15H10BrN3O/c1-8-2-3-12-9(4-8)5-13(20-12)15-18-11-6-10(16)7-17-14(11)19-15/h2-7H,1H3,(H,17,18,19). The van der Waals surface area contributed by atoms with E-state index < -0.39 is 0 Å². The molecule has 20 heavy (non-hydrogen) atoms. The lowest BCUT2D eigenvalue weighted by molar-refractivity contribution is 0.626. The fourth-order valence-electron chi connectivity index (χ4n) is 2.27. The van der Waals surface area contributed by atoms with Gasteiger partial charge in [0.25, 0.3) is 0 Å². The first-order valence-electron chi connectivity index (χ1n) is 6.21. The highest BCUT2D eigenvalue weighted by Gasteiger charge is 2.11. The largest absolute Gasteiger partial charge is 0.453 e. The van der Waals surface area contributed by atoms with E-state index in [0.29, 0.717) is 11.5 Å². The van der Waals surface area contributed by atoms with Crippen LogP contribution in [-0.4, -0.2) is 15.0 Å². The Labute approximate surface area is 123 Å². The molecule has 0 aliphatic carbocycles. The first-order chi connectivity index (χ1) is 9.69. The van der Waals surface area contributed by atoms with Crippen molar-refractivity contribution in [1.82, 2.24) is 15.0 Å². The number of hydrogen-bond donors (Lipinski definition) is 1. The van der Waals surface area contributed by atoms with Crippen LogP contribution in [0.2, 0.25) is 0 Å². The van der Waals surface area contributed by atoms with Gasteiger partial charge >= 0.3 is 0 Å². The fraction of sp³-hybridized carbons (Fsp3) is 0.0667. The number of aryl methyl sites for hydroxylation is 1. The molecule has 0 unspecified atom stereocenters. The minimum absolute atomic E-state index is 0.680. The van der Waals surface area contributed by atoms with E-state index in [2.05, 4.69) is 43.9 Å². The molecular formula is C15H10BrN3O. The van der Waals surface area contributed by atoms with E-state index in [-0.39, 0.29) is 0 Å². The number of rotatable bonds is 1. The zero-order valence-electron chi connectivity index (χ0n) is 10.6. The number of pyridine rings is 1. The Kier molecular flexibility index (Phi) is 2.44. The molecule has 0 atom stereocenters. The molecule has 0 bridgehead atoms. The number of aromatic nitrogens is 3. The summed E-state index contributed by atoms with van der Waals surface area (Å²) >= 11 is 3.40. The van der Waals surface area contributed by atoms with Crippen LogP contribution in [0.3, 0.4) is 0 Å². The van der Waals surface area contributed by atoms with Gasteiger partial charge in [0.15, 0.2) is 17.2 Å². The topological polar surface area (TPSA) is 54.7 Å². The fourth-order valence-corrected chi connectivity index (χ4v) is 2.60. The van der Waals surface area contributed by atoms with Crippen molar-refractivity contribution in [2.45, 2.75) is 6.92 Å². The number of furan rings is 1. The monoisotopic (exact) mass is 327 g/mol. The van der Waals surface area contributed by atoms with Crippen LogP contribution in [0.4, 0.5) is 0 Å². The predicted octanol–water partition coefficient (Wildman–Crippen LogP) is 4.44. The number of H-pyrrole nitrogens is 1. The molecule has 4 nitrogen and oxygen atoms in total. The van der Waals surface area contributed by atoms with Crippen LogP contribution in [-0.2, 0) is 0 Å². The first-order valence-corrected chi connectivity index (χ1v) is 7.00. The summed E-state index contributed by atoms with van der Waals surface area (Å²) < 4.78 is 6.75. The maximum atomic E-state index is 5.84. The number of fused-ring (bicyclic) bond motifs is 2. The Morgan fingerprint density at radius 2 is 2.10 bits per heavy atom. The van der Waals surface area contributed by atoms with Crippen molar-refractivity contribution in [3.05, 3.63) is 46.6 Å². The number of hydrogen-bond acceptors (Lipinski definition) is 3. The number of benzene rings is 1. The third-order valence-electron chi connectivity index (χ3n) is 3.21. The SMILES string of the molecule is Cc1ccc2oc(-c3nc4ncc(Br)cc4[nH]3)cc2c1. The van der Waals surface area contributed by atoms with Gasteiger partial charge in [0.05, 0.1) is 5.52 Å². The van der Waals surface area contributed by atoms with E-state index in [1.807, 2.05) is 24.3 Å². The normalized spacial score (nSPS) is 11.5. The summed E-state index contributed by atoms with van der Waals surface area (Å²) in [5.74, 6) is 1.42. The first kappa shape index (κ1) is 11.7. The molecule has 0 amide bonds. The van der Waals surface area contributed by atoms with Gasteiger partial charge in [-0.25, -0.2) is 9.97 Å². The van der Waals surface area contributed by atoms with Gasteiger partial charge in [-0.1, -0.05) is 11.6 Å². The zero-order valence-corrected chi connectivity index (χ0v) is 12.2. The molecule has 0 saturated carbocycles. The van der Waals surface area contributed by atoms with E-state index in [9.17, 15) is 0 Å². The van der Waals surface area contributed by atoms with Crippen molar-refractivity contribution in [3.63, 3.8) is 0 Å². The molecule has 0 fully saturated rings. The van der Waals surface area contributed by atoms with Gasteiger partial charge in [-0.2, -0.15) is 0 Å². The second-order valence-corrected chi connectivity index (χ2v) is 5.68. The Morgan fingerprint density at radius 1 is 1.20 bits per heavy atom. The van der Waals surface area contributed by atoms with E-state index >= 15 is 0 Å². The summed E-state index contributed by atoms with van der Waals surface area (Å²) in [6.07, 6.45) is 1.73. The molecule has 1 N–H and O–H groups in total. The van der Waals surface area contributed by atoms with Gasteiger partial charge < -0.3 is 9.40 Å². The summed E-state index contributed by atoms with van der Waals surface area (Å²) in [4.78, 5) is 12.0. The zero-order chi connectivity index (χ0) is 13.7. The van der Waals surface area contributed by atoms with Crippen LogP contribution in [0.15, 0.2) is 45.4 Å². The van der Waals surface area contributed by atoms with E-state index in [1.54, 1.807) is 6.20 Å². The number of aromatic amines is 1. The average molecular weight is 328 g/mol. The van der Waals surface area contributed by atoms with Crippen molar-refractivity contribution in [2.24, 2.45) is 0 Å². The van der Waals surface area contributed by atoms with Crippen LogP contribution < -0.4 is 0 Å². The van der Waals surface area contributed by atoms with Crippen LogP contribution in [0.5, 0.6) is 0 Å². The smallest absolute Gasteiger partial charge is 0.178 e. The minimum atomic E-state index is 0.680. The van der Waals surface area contributed by atoms with Gasteiger partial charge in [-0.3, -0.25) is 0 Å². The van der Waals surface area contributed by atoms with Gasteiger partial charge in [0.1, 0.15) is 5.58 Å². The molecule has 3 aromatic heterocycles. The predicted molar refractivity (Wildman–Crippen MR) is 81.5 cm³/mol. The number of halogens is 1. The van der Waals surface area contributed by atoms with E-state index in [1.165, 1.54) is 5.56 Å². The molecule has 3 heterocycles. The molecule has 5 heteroatoms. The van der Waals surface area contributed by atoms with Crippen molar-refractivity contribution in [2.75, 3.05) is 0 Å². The van der Waals surface area contributed by atoms with Crippen LogP contribution in [0, 0.1) is 6.92 Å². The highest BCUT2D eigenvalue weighted by molar-refractivity contribution is 9.10. The minimum Gasteiger partial charge on any atom is -0.453 e. The van der Waals surface area contributed by atoms with Gasteiger partial charge in [0.2, 0.25) is 0 Å². The highest BCUT2D eigenvalue weighted by atomic mass is 79.9. The molecule has 0 spiro atoms. The molecule has 0 aliphatic heterocycles. The van der Waals surface area contributed by atoms with E-state index in [0.717, 1.165) is 26.7 Å². The van der Waals surface area contributed by atoms with Crippen molar-refractivity contribution >= 4 is 38.1 Å². The molecule has 98 valence electrons. The summed E-state index contributed by atoms with van der Waals surface area (Å²) in [5, 5.41) is 1.08. The summed E-state index contributed by atoms with van der Waals surface area (Å²) in [6.45, 7) is 2.06. The Bertz CT molecular complexity index is 861. The maximum absolute atomic E-state index is 5.84. The Hall–Kier alpha value is -2.14. The van der Waals surface area contributed by atoms with Crippen molar-refractivity contribution in [1.29, 1.82) is 0 Å². The Morgan fingerprint density at radius 3 is 3.00 bits per heavy atom. The lowest BCUT2D eigenvalue weighted by atomic mass is 10.2. The molecule has 4 rings (SSSR count). The average Bonchev–Trinajstić information content (AvgIpc) is 3.00. The highest BCUT2D eigenvalue weighted by Crippen LogP contribution is 2.28. The quantitative estimate of drug-likeness (QED) is 0.562. The summed E-state index contributed by atoms with van der Waals surface area (Å²) in [7, 11) is 0. The molecule has 0 saturated heterocycles. The third-order valence-corrected chi connectivity index (χ3v) is 3.64. The van der Waals surface area contributed by atoms with Crippen LogP contribution in [0.25, 0.3) is 33.7 Å². The van der Waals surface area contributed by atoms with E-state index in [4.69, 9.17) is 4.42 Å².